The van der Waals surface area contributed by atoms with E-state index in [4.69, 9.17) is 9.47 Å². The van der Waals surface area contributed by atoms with Crippen molar-refractivity contribution in [1.82, 2.24) is 5.32 Å². The van der Waals surface area contributed by atoms with Crippen LogP contribution in [0.3, 0.4) is 0 Å². The molecule has 0 saturated carbocycles. The van der Waals surface area contributed by atoms with Gasteiger partial charge in [-0.3, -0.25) is 4.79 Å². The fourth-order valence-corrected chi connectivity index (χ4v) is 2.02. The SMILES string of the molecule is COc1ccc(C2=CCNC(=O)CC2)cc1OC. The van der Waals surface area contributed by atoms with Gasteiger partial charge in [0.15, 0.2) is 11.5 Å². The van der Waals surface area contributed by atoms with Crippen molar-refractivity contribution in [2.75, 3.05) is 20.8 Å². The van der Waals surface area contributed by atoms with Gasteiger partial charge in [-0.2, -0.15) is 0 Å². The summed E-state index contributed by atoms with van der Waals surface area (Å²) in [6.45, 7) is 0.586. The number of rotatable bonds is 3. The first-order valence-corrected chi connectivity index (χ1v) is 5.92. The standard InChI is InChI=1S/C14H17NO3/c1-17-12-5-3-11(9-13(12)18-2)10-4-6-14(16)15-8-7-10/h3,5,7,9H,4,6,8H2,1-2H3,(H,15,16). The first kappa shape index (κ1) is 12.5. The maximum absolute atomic E-state index is 11.3. The molecule has 0 atom stereocenters. The second kappa shape index (κ2) is 5.58. The number of benzene rings is 1. The van der Waals surface area contributed by atoms with Gasteiger partial charge in [0.05, 0.1) is 14.2 Å². The first-order chi connectivity index (χ1) is 8.74. The Balaban J connectivity index is 2.27. The van der Waals surface area contributed by atoms with Crippen molar-refractivity contribution in [2.24, 2.45) is 0 Å². The largest absolute Gasteiger partial charge is 0.493 e. The van der Waals surface area contributed by atoms with Gasteiger partial charge in [-0.25, -0.2) is 0 Å². The average Bonchev–Trinajstić information content (AvgIpc) is 2.62. The van der Waals surface area contributed by atoms with Crippen molar-refractivity contribution < 1.29 is 14.3 Å². The van der Waals surface area contributed by atoms with Crippen LogP contribution < -0.4 is 14.8 Å². The van der Waals surface area contributed by atoms with Crippen LogP contribution >= 0.6 is 0 Å². The monoisotopic (exact) mass is 247 g/mol. The molecule has 0 fully saturated rings. The molecule has 4 nitrogen and oxygen atoms in total. The van der Waals surface area contributed by atoms with Crippen molar-refractivity contribution in [1.29, 1.82) is 0 Å². The summed E-state index contributed by atoms with van der Waals surface area (Å²) >= 11 is 0. The van der Waals surface area contributed by atoms with Crippen LogP contribution in [0.1, 0.15) is 18.4 Å². The normalized spacial score (nSPS) is 15.4. The quantitative estimate of drug-likeness (QED) is 0.888. The summed E-state index contributed by atoms with van der Waals surface area (Å²) in [5.41, 5.74) is 2.23. The number of carbonyl (C=O) groups excluding carboxylic acids is 1. The summed E-state index contributed by atoms with van der Waals surface area (Å²) in [7, 11) is 3.24. The first-order valence-electron chi connectivity index (χ1n) is 5.92. The molecule has 1 aliphatic rings. The molecule has 1 heterocycles. The minimum Gasteiger partial charge on any atom is -0.493 e. The van der Waals surface area contributed by atoms with Crippen LogP contribution in [0.5, 0.6) is 11.5 Å². The Morgan fingerprint density at radius 1 is 1.11 bits per heavy atom. The fraction of sp³-hybridized carbons (Fsp3) is 0.357. The van der Waals surface area contributed by atoms with Gasteiger partial charge in [0, 0.05) is 13.0 Å². The van der Waals surface area contributed by atoms with E-state index in [1.54, 1.807) is 14.2 Å². The molecule has 0 saturated heterocycles. The minimum absolute atomic E-state index is 0.0988. The molecule has 1 aromatic carbocycles. The van der Waals surface area contributed by atoms with Gasteiger partial charge in [0.1, 0.15) is 0 Å². The Labute approximate surface area is 107 Å². The van der Waals surface area contributed by atoms with Crippen LogP contribution in [-0.4, -0.2) is 26.7 Å². The van der Waals surface area contributed by atoms with E-state index in [9.17, 15) is 4.79 Å². The molecule has 0 spiro atoms. The molecule has 18 heavy (non-hydrogen) atoms. The number of hydrogen-bond acceptors (Lipinski definition) is 3. The highest BCUT2D eigenvalue weighted by Gasteiger charge is 2.12. The average molecular weight is 247 g/mol. The molecule has 4 heteroatoms. The number of methoxy groups -OCH3 is 2. The fourth-order valence-electron chi connectivity index (χ4n) is 2.02. The molecule has 0 unspecified atom stereocenters. The molecule has 96 valence electrons. The van der Waals surface area contributed by atoms with Crippen LogP contribution in [0.15, 0.2) is 24.3 Å². The van der Waals surface area contributed by atoms with E-state index < -0.39 is 0 Å². The molecule has 0 radical (unpaired) electrons. The lowest BCUT2D eigenvalue weighted by atomic mass is 10.0. The predicted octanol–water partition coefficient (Wildman–Crippen LogP) is 2.00. The molecular formula is C14H17NO3. The summed E-state index contributed by atoms with van der Waals surface area (Å²) in [5.74, 6) is 1.52. The molecule has 1 aromatic rings. The Kier molecular flexibility index (Phi) is 3.87. The Bertz CT molecular complexity index is 480. The number of hydrogen-bond donors (Lipinski definition) is 1. The van der Waals surface area contributed by atoms with E-state index in [2.05, 4.69) is 5.32 Å². The molecule has 1 amide bonds. The van der Waals surface area contributed by atoms with E-state index in [1.807, 2.05) is 24.3 Å². The Morgan fingerprint density at radius 2 is 1.89 bits per heavy atom. The molecule has 2 rings (SSSR count). The van der Waals surface area contributed by atoms with Crippen LogP contribution in [-0.2, 0) is 4.79 Å². The lowest BCUT2D eigenvalue weighted by Crippen LogP contribution is -2.20. The zero-order valence-electron chi connectivity index (χ0n) is 10.7. The maximum atomic E-state index is 11.3. The van der Waals surface area contributed by atoms with E-state index >= 15 is 0 Å². The van der Waals surface area contributed by atoms with Crippen molar-refractivity contribution in [3.05, 3.63) is 29.8 Å². The highest BCUT2D eigenvalue weighted by atomic mass is 16.5. The van der Waals surface area contributed by atoms with Crippen LogP contribution in [0.2, 0.25) is 0 Å². The van der Waals surface area contributed by atoms with Gasteiger partial charge < -0.3 is 14.8 Å². The lowest BCUT2D eigenvalue weighted by Gasteiger charge is -2.11. The third-order valence-corrected chi connectivity index (χ3v) is 3.02. The zero-order chi connectivity index (χ0) is 13.0. The lowest BCUT2D eigenvalue weighted by molar-refractivity contribution is -0.120. The van der Waals surface area contributed by atoms with Crippen LogP contribution in [0.25, 0.3) is 5.57 Å². The maximum Gasteiger partial charge on any atom is 0.220 e. The molecule has 0 bridgehead atoms. The zero-order valence-corrected chi connectivity index (χ0v) is 10.7. The topological polar surface area (TPSA) is 47.6 Å². The van der Waals surface area contributed by atoms with E-state index in [0.717, 1.165) is 17.6 Å². The molecule has 0 aromatic heterocycles. The Morgan fingerprint density at radius 3 is 2.61 bits per heavy atom. The second-order valence-corrected chi connectivity index (χ2v) is 4.10. The summed E-state index contributed by atoms with van der Waals surface area (Å²) in [5, 5.41) is 2.82. The van der Waals surface area contributed by atoms with Gasteiger partial charge >= 0.3 is 0 Å². The van der Waals surface area contributed by atoms with Crippen molar-refractivity contribution >= 4 is 11.5 Å². The summed E-state index contributed by atoms with van der Waals surface area (Å²) in [6, 6.07) is 5.82. The van der Waals surface area contributed by atoms with Crippen LogP contribution in [0.4, 0.5) is 0 Å². The van der Waals surface area contributed by atoms with Gasteiger partial charge in [-0.05, 0) is 29.7 Å². The molecular weight excluding hydrogens is 230 g/mol. The second-order valence-electron chi connectivity index (χ2n) is 4.10. The number of carbonyl (C=O) groups is 1. The minimum atomic E-state index is 0.0988. The number of allylic oxidation sites excluding steroid dienone is 1. The van der Waals surface area contributed by atoms with Gasteiger partial charge in [-0.1, -0.05) is 12.1 Å². The van der Waals surface area contributed by atoms with Crippen molar-refractivity contribution in [2.45, 2.75) is 12.8 Å². The number of ether oxygens (including phenoxy) is 2. The highest BCUT2D eigenvalue weighted by Crippen LogP contribution is 2.31. The predicted molar refractivity (Wildman–Crippen MR) is 69.8 cm³/mol. The third kappa shape index (κ3) is 2.64. The van der Waals surface area contributed by atoms with E-state index in [0.29, 0.717) is 24.5 Å². The van der Waals surface area contributed by atoms with Gasteiger partial charge in [0.25, 0.3) is 0 Å². The van der Waals surface area contributed by atoms with Crippen molar-refractivity contribution in [3.8, 4) is 11.5 Å². The Hall–Kier alpha value is -1.97. The van der Waals surface area contributed by atoms with E-state index in [-0.39, 0.29) is 5.91 Å². The van der Waals surface area contributed by atoms with Gasteiger partial charge in [-0.15, -0.1) is 0 Å². The third-order valence-electron chi connectivity index (χ3n) is 3.02. The van der Waals surface area contributed by atoms with Crippen molar-refractivity contribution in [3.63, 3.8) is 0 Å². The van der Waals surface area contributed by atoms with Gasteiger partial charge in [0.2, 0.25) is 5.91 Å². The van der Waals surface area contributed by atoms with Crippen LogP contribution in [0, 0.1) is 0 Å². The summed E-state index contributed by atoms with van der Waals surface area (Å²) < 4.78 is 10.5. The number of nitrogens with one attached hydrogen (secondary N) is 1. The summed E-state index contributed by atoms with van der Waals surface area (Å²) in [6.07, 6.45) is 3.33. The number of amides is 1. The summed E-state index contributed by atoms with van der Waals surface area (Å²) in [4.78, 5) is 11.3. The molecule has 0 aliphatic carbocycles. The highest BCUT2D eigenvalue weighted by molar-refractivity contribution is 5.81. The van der Waals surface area contributed by atoms with E-state index in [1.165, 1.54) is 0 Å². The molecule has 1 aliphatic heterocycles. The molecule has 1 N–H and O–H groups in total. The smallest absolute Gasteiger partial charge is 0.220 e.